The number of ether oxygens (including phenoxy) is 10. The number of carbonyl (C=O) groups excluding carboxylic acids is 10. The SMILES string of the molecule is CC.CC.CC.CC.CC.CCC(C)(C)C(=O)OCC(=O)OC(C)(C)C12CC3C4CC5CC3C(C1)C(C5)C4C2.CCC(C)(C)C(=O)OCC(=O)OC(C)(C)C12CC3CC(CC(C3)C1)C2.CCC(C)(C)C(=O)OCC(=O)OC(C)(C)C1CCCC1.CCC(C)(C)C(=O)OCC(=O)OC(C)(CC)C1CCCC1.CCC(C)(C)C(=O)OCCCC(=O)OC(C)(C)C12CC3CC(CC(C3)C1)C2. The van der Waals surface area contributed by atoms with Gasteiger partial charge in [0.2, 0.25) is 0 Å². The summed E-state index contributed by atoms with van der Waals surface area (Å²) in [5.74, 6) is 8.85. The summed E-state index contributed by atoms with van der Waals surface area (Å²) in [6, 6.07) is 0. The molecule has 17 aliphatic rings. The summed E-state index contributed by atoms with van der Waals surface area (Å²) in [6.45, 7) is 67.8. The van der Waals surface area contributed by atoms with E-state index >= 15 is 0 Å². The van der Waals surface area contributed by atoms with Gasteiger partial charge in [-0.2, -0.15) is 0 Å². The van der Waals surface area contributed by atoms with Gasteiger partial charge in [0.05, 0.1) is 33.7 Å². The zero-order valence-corrected chi connectivity index (χ0v) is 90.9. The fraction of sp³-hybridized carbons (Fsp3) is 0.911. The molecular weight excluding hydrogens is 1670 g/mol. The third kappa shape index (κ3) is 29.9. The van der Waals surface area contributed by atoms with Crippen molar-refractivity contribution in [1.82, 2.24) is 0 Å². The second-order valence-electron chi connectivity index (χ2n) is 46.7. The molecule has 1 unspecified atom stereocenters. The van der Waals surface area contributed by atoms with E-state index in [1.54, 1.807) is 0 Å². The Bertz CT molecular complexity index is 3500. The van der Waals surface area contributed by atoms with Crippen LogP contribution >= 0.6 is 0 Å². The molecule has 0 saturated heterocycles. The second-order valence-corrected chi connectivity index (χ2v) is 46.7. The molecule has 0 heterocycles. The first-order valence-electron chi connectivity index (χ1n) is 53.6. The van der Waals surface area contributed by atoms with Crippen LogP contribution in [0.4, 0.5) is 0 Å². The molecule has 17 aliphatic carbocycles. The van der Waals surface area contributed by atoms with E-state index in [2.05, 4.69) is 41.5 Å². The third-order valence-corrected chi connectivity index (χ3v) is 35.2. The summed E-state index contributed by atoms with van der Waals surface area (Å²) in [5, 5.41) is 0. The number of carbonyl (C=O) groups is 10. The van der Waals surface area contributed by atoms with Crippen molar-refractivity contribution in [1.29, 1.82) is 0 Å². The maximum Gasteiger partial charge on any atom is 0.344 e. The van der Waals surface area contributed by atoms with Crippen LogP contribution < -0.4 is 0 Å². The Labute approximate surface area is 804 Å². The Hall–Kier alpha value is -5.30. The van der Waals surface area contributed by atoms with Gasteiger partial charge in [0.1, 0.15) is 28.0 Å². The van der Waals surface area contributed by atoms with Gasteiger partial charge in [-0.15, -0.1) is 0 Å². The normalized spacial score (nSPS) is 28.6. The van der Waals surface area contributed by atoms with E-state index in [-0.39, 0.29) is 85.1 Å². The van der Waals surface area contributed by atoms with Gasteiger partial charge >= 0.3 is 59.7 Å². The molecule has 0 aliphatic heterocycles. The summed E-state index contributed by atoms with van der Waals surface area (Å²) in [6.07, 6.45) is 37.9. The van der Waals surface area contributed by atoms with Crippen LogP contribution in [0, 0.1) is 132 Å². The highest BCUT2D eigenvalue weighted by Crippen LogP contribution is 2.76. The average molecular weight is 1860 g/mol. The van der Waals surface area contributed by atoms with Crippen molar-refractivity contribution in [2.75, 3.05) is 33.0 Å². The van der Waals surface area contributed by atoms with Crippen LogP contribution in [0.2, 0.25) is 0 Å². The zero-order valence-electron chi connectivity index (χ0n) is 90.9. The molecule has 0 aromatic heterocycles. The van der Waals surface area contributed by atoms with Gasteiger partial charge in [0.15, 0.2) is 26.4 Å². The van der Waals surface area contributed by atoms with Crippen molar-refractivity contribution in [3.8, 4) is 0 Å². The largest absolute Gasteiger partial charge is 0.465 e. The Morgan fingerprint density at radius 1 is 0.258 bits per heavy atom. The first-order valence-corrected chi connectivity index (χ1v) is 53.6. The third-order valence-electron chi connectivity index (χ3n) is 35.2. The van der Waals surface area contributed by atoms with Crippen LogP contribution in [0.3, 0.4) is 0 Å². The van der Waals surface area contributed by atoms with E-state index in [0.717, 1.165) is 115 Å². The van der Waals surface area contributed by atoms with Crippen molar-refractivity contribution in [2.45, 2.75) is 489 Å². The number of esters is 10. The van der Waals surface area contributed by atoms with E-state index in [4.69, 9.17) is 47.4 Å². The van der Waals surface area contributed by atoms with Gasteiger partial charge in [0, 0.05) is 22.7 Å². The molecule has 1 atom stereocenters. The Balaban J connectivity index is 0.000000339. The molecule has 0 amide bonds. The number of rotatable bonds is 33. The molecular formula is C112H198O20. The first-order chi connectivity index (χ1) is 61.6. The minimum atomic E-state index is -0.561. The van der Waals surface area contributed by atoms with Gasteiger partial charge in [-0.3, -0.25) is 28.8 Å². The van der Waals surface area contributed by atoms with Crippen molar-refractivity contribution in [3.63, 3.8) is 0 Å². The standard InChI is InChI=1S/C25H38O4.C23H38O4.C21H34O4.C17H30O4.C16H28O4.5C2H6/c1-6-23(2,3)22(27)28-13-21(26)29-24(4,5)25-10-18-15-7-14-8-16(18)20(12-25)17(9-14)19(15)11-25;1-6-21(2,3)20(25)26-9-7-8-19(24)27-22(4,5)23-13-16-10-17(14-23)12-18(11-16)15-23;1-6-19(2,3)18(23)24-13-17(22)25-20(4,5)21-10-14-7-15(11-21)9-16(8-14)12-21;1-6-16(3,4)15(19)20-12-14(18)21-17(5,7-2)13-10-8-9-11-13;1-6-15(2,3)14(18)19-11-13(17)20-16(4,5)12-9-7-8-10-12;5*1-2/h14-20H,6-13H2,1-5H3;16-18H,6-15H2,1-5H3;14-16H,6-13H2,1-5H3;13H,6-12H2,1-5H3;12H,6-11H2,1-5H3;5*1-2H3. The van der Waals surface area contributed by atoms with Crippen LogP contribution in [0.1, 0.15) is 461 Å². The topological polar surface area (TPSA) is 263 Å². The van der Waals surface area contributed by atoms with Crippen molar-refractivity contribution >= 4 is 59.7 Å². The van der Waals surface area contributed by atoms with Gasteiger partial charge in [0.25, 0.3) is 0 Å². The zero-order chi connectivity index (χ0) is 101. The summed E-state index contributed by atoms with van der Waals surface area (Å²) >= 11 is 0. The van der Waals surface area contributed by atoms with E-state index < -0.39 is 79.0 Å². The minimum absolute atomic E-state index is 0.114. The highest BCUT2D eigenvalue weighted by Gasteiger charge is 2.71. The molecule has 766 valence electrons. The lowest BCUT2D eigenvalue weighted by atomic mass is 9.31. The lowest BCUT2D eigenvalue weighted by Gasteiger charge is -2.74. The molecule has 132 heavy (non-hydrogen) atoms. The molecule has 0 radical (unpaired) electrons. The van der Waals surface area contributed by atoms with Crippen molar-refractivity contribution in [2.24, 2.45) is 132 Å². The van der Waals surface area contributed by atoms with Crippen LogP contribution in [0.15, 0.2) is 0 Å². The Kier molecular flexibility index (Phi) is 45.5. The minimum Gasteiger partial charge on any atom is -0.465 e. The lowest BCUT2D eigenvalue weighted by Crippen LogP contribution is -2.69. The van der Waals surface area contributed by atoms with Gasteiger partial charge in [-0.25, -0.2) is 19.2 Å². The van der Waals surface area contributed by atoms with E-state index in [1.165, 1.54) is 141 Å². The summed E-state index contributed by atoms with van der Waals surface area (Å²) in [5.41, 5.74) is -4.58. The fourth-order valence-electron chi connectivity index (χ4n) is 25.5. The molecule has 0 aromatic rings. The summed E-state index contributed by atoms with van der Waals surface area (Å²) in [4.78, 5) is 121. The maximum absolute atomic E-state index is 12.6. The quantitative estimate of drug-likeness (QED) is 0.0336. The molecule has 0 aromatic carbocycles. The van der Waals surface area contributed by atoms with E-state index in [1.807, 2.05) is 201 Å². The number of hydrogen-bond acceptors (Lipinski definition) is 20. The molecule has 17 rings (SSSR count). The number of hydrogen-bond donors (Lipinski definition) is 0. The Morgan fingerprint density at radius 2 is 0.492 bits per heavy atom. The van der Waals surface area contributed by atoms with Gasteiger partial charge in [-0.1, -0.05) is 136 Å². The predicted molar refractivity (Wildman–Crippen MR) is 526 cm³/mol. The van der Waals surface area contributed by atoms with Crippen molar-refractivity contribution in [3.05, 3.63) is 0 Å². The van der Waals surface area contributed by atoms with Gasteiger partial charge in [-0.05, 0) is 407 Å². The van der Waals surface area contributed by atoms with E-state index in [0.29, 0.717) is 50.4 Å². The van der Waals surface area contributed by atoms with Gasteiger partial charge < -0.3 is 47.4 Å². The van der Waals surface area contributed by atoms with Crippen molar-refractivity contribution < 1.29 is 95.3 Å². The Morgan fingerprint density at radius 3 is 0.758 bits per heavy atom. The monoisotopic (exact) mass is 1860 g/mol. The highest BCUT2D eigenvalue weighted by atomic mass is 16.6. The van der Waals surface area contributed by atoms with Crippen LogP contribution in [-0.4, -0.2) is 121 Å². The molecule has 20 nitrogen and oxygen atoms in total. The van der Waals surface area contributed by atoms with E-state index in [9.17, 15) is 47.9 Å². The molecule has 0 N–H and O–H groups in total. The molecule has 20 heteroatoms. The molecule has 17 fully saturated rings. The average Bonchev–Trinajstić information content (AvgIpc) is 0.747. The first kappa shape index (κ1) is 119. The smallest absolute Gasteiger partial charge is 0.344 e. The second kappa shape index (κ2) is 50.5. The fourth-order valence-corrected chi connectivity index (χ4v) is 25.5. The summed E-state index contributed by atoms with van der Waals surface area (Å²) in [7, 11) is 0. The molecule has 17 saturated carbocycles. The summed E-state index contributed by atoms with van der Waals surface area (Å²) < 4.78 is 55.2. The maximum atomic E-state index is 12.6. The predicted octanol–water partition coefficient (Wildman–Crippen LogP) is 27.3. The highest BCUT2D eigenvalue weighted by molar-refractivity contribution is 5.82. The van der Waals surface area contributed by atoms with Crippen LogP contribution in [0.5, 0.6) is 0 Å². The molecule has 16 bridgehead atoms. The molecule has 0 spiro atoms. The lowest BCUT2D eigenvalue weighted by molar-refractivity contribution is -0.273. The van der Waals surface area contributed by atoms with Crippen LogP contribution in [-0.2, 0) is 95.3 Å². The van der Waals surface area contributed by atoms with Crippen LogP contribution in [0.25, 0.3) is 0 Å².